The monoisotopic (exact) mass is 486 g/mol. The molecular formula is C24H26N2O5S2. The number of nitrogens with one attached hydrogen (secondary N) is 1. The van der Waals surface area contributed by atoms with Gasteiger partial charge in [-0.25, -0.2) is 8.42 Å². The average Bonchev–Trinajstić information content (AvgIpc) is 2.82. The van der Waals surface area contributed by atoms with E-state index in [4.69, 9.17) is 9.47 Å². The minimum atomic E-state index is -4.08. The molecule has 174 valence electrons. The summed E-state index contributed by atoms with van der Waals surface area (Å²) >= 11 is 1.55. The van der Waals surface area contributed by atoms with Gasteiger partial charge in [0, 0.05) is 16.6 Å². The number of sulfonamides is 1. The molecule has 0 heterocycles. The maximum Gasteiger partial charge on any atom is 0.264 e. The van der Waals surface area contributed by atoms with Gasteiger partial charge in [0.15, 0.2) is 0 Å². The Kier molecular flexibility index (Phi) is 7.88. The smallest absolute Gasteiger partial charge is 0.264 e. The number of anilines is 2. The third-order valence-corrected chi connectivity index (χ3v) is 7.40. The van der Waals surface area contributed by atoms with Crippen molar-refractivity contribution in [3.63, 3.8) is 0 Å². The predicted molar refractivity (Wildman–Crippen MR) is 132 cm³/mol. The van der Waals surface area contributed by atoms with Gasteiger partial charge in [0.2, 0.25) is 5.91 Å². The normalized spacial score (nSPS) is 11.0. The first-order valence-corrected chi connectivity index (χ1v) is 12.7. The highest BCUT2D eigenvalue weighted by atomic mass is 32.2. The van der Waals surface area contributed by atoms with Gasteiger partial charge in [-0.15, -0.1) is 11.8 Å². The molecule has 3 aromatic carbocycles. The Morgan fingerprint density at radius 1 is 1.00 bits per heavy atom. The number of hydrogen-bond acceptors (Lipinski definition) is 6. The van der Waals surface area contributed by atoms with Crippen molar-refractivity contribution in [3.8, 4) is 11.5 Å². The molecule has 0 unspecified atom stereocenters. The zero-order valence-electron chi connectivity index (χ0n) is 18.9. The molecule has 0 saturated heterocycles. The van der Waals surface area contributed by atoms with E-state index >= 15 is 0 Å². The number of hydrogen-bond donors (Lipinski definition) is 1. The molecule has 0 atom stereocenters. The summed E-state index contributed by atoms with van der Waals surface area (Å²) in [4.78, 5) is 14.0. The third kappa shape index (κ3) is 5.80. The Balaban J connectivity index is 2.01. The zero-order valence-corrected chi connectivity index (χ0v) is 20.5. The first kappa shape index (κ1) is 24.5. The molecule has 0 saturated carbocycles. The van der Waals surface area contributed by atoms with Crippen LogP contribution in [0.2, 0.25) is 0 Å². The van der Waals surface area contributed by atoms with E-state index in [1.165, 1.54) is 26.4 Å². The number of rotatable bonds is 9. The lowest BCUT2D eigenvalue weighted by Gasteiger charge is -2.26. The fourth-order valence-electron chi connectivity index (χ4n) is 3.16. The van der Waals surface area contributed by atoms with Gasteiger partial charge in [0.25, 0.3) is 10.0 Å². The van der Waals surface area contributed by atoms with E-state index in [1.54, 1.807) is 48.2 Å². The largest absolute Gasteiger partial charge is 0.497 e. The van der Waals surface area contributed by atoms with Crippen molar-refractivity contribution in [1.29, 1.82) is 0 Å². The van der Waals surface area contributed by atoms with Crippen molar-refractivity contribution in [1.82, 2.24) is 0 Å². The number of ether oxygens (including phenoxy) is 2. The lowest BCUT2D eigenvalue weighted by molar-refractivity contribution is -0.114. The molecule has 0 radical (unpaired) electrons. The van der Waals surface area contributed by atoms with Crippen LogP contribution in [0.3, 0.4) is 0 Å². The SMILES string of the molecule is COc1ccc(N(CC(=O)Nc2cccc(SC)c2)S(=O)(=O)c2ccc(C)cc2)c(OC)c1. The highest BCUT2D eigenvalue weighted by Gasteiger charge is 2.29. The molecule has 0 aliphatic carbocycles. The van der Waals surface area contributed by atoms with Crippen molar-refractivity contribution in [2.75, 3.05) is 36.6 Å². The third-order valence-electron chi connectivity index (χ3n) is 4.91. The molecule has 33 heavy (non-hydrogen) atoms. The lowest BCUT2D eigenvalue weighted by Crippen LogP contribution is -2.38. The second kappa shape index (κ2) is 10.6. The molecule has 0 bridgehead atoms. The van der Waals surface area contributed by atoms with E-state index in [1.807, 2.05) is 31.4 Å². The summed E-state index contributed by atoms with van der Waals surface area (Å²) in [7, 11) is -1.14. The molecule has 0 aromatic heterocycles. The predicted octanol–water partition coefficient (Wildman–Crippen LogP) is 4.57. The van der Waals surface area contributed by atoms with E-state index < -0.39 is 22.5 Å². The number of methoxy groups -OCH3 is 2. The fourth-order valence-corrected chi connectivity index (χ4v) is 5.05. The molecule has 7 nitrogen and oxygen atoms in total. The molecule has 3 rings (SSSR count). The van der Waals surface area contributed by atoms with Crippen LogP contribution in [0.1, 0.15) is 5.56 Å². The number of nitrogens with zero attached hydrogens (tertiary/aromatic N) is 1. The maximum atomic E-state index is 13.6. The Hall–Kier alpha value is -3.17. The Bertz CT molecular complexity index is 1230. The van der Waals surface area contributed by atoms with E-state index in [2.05, 4.69) is 5.32 Å². The highest BCUT2D eigenvalue weighted by molar-refractivity contribution is 7.98. The van der Waals surface area contributed by atoms with Crippen LogP contribution in [0.25, 0.3) is 0 Å². The van der Waals surface area contributed by atoms with Crippen molar-refractivity contribution in [2.24, 2.45) is 0 Å². The minimum Gasteiger partial charge on any atom is -0.497 e. The highest BCUT2D eigenvalue weighted by Crippen LogP contribution is 2.35. The van der Waals surface area contributed by atoms with E-state index in [-0.39, 0.29) is 16.3 Å². The van der Waals surface area contributed by atoms with E-state index in [0.717, 1.165) is 14.8 Å². The summed E-state index contributed by atoms with van der Waals surface area (Å²) < 4.78 is 38.9. The lowest BCUT2D eigenvalue weighted by atomic mass is 10.2. The van der Waals surface area contributed by atoms with Crippen LogP contribution in [0.5, 0.6) is 11.5 Å². The van der Waals surface area contributed by atoms with Crippen LogP contribution in [0.4, 0.5) is 11.4 Å². The van der Waals surface area contributed by atoms with Gasteiger partial charge >= 0.3 is 0 Å². The number of amides is 1. The van der Waals surface area contributed by atoms with Crippen molar-refractivity contribution >= 4 is 39.1 Å². The molecule has 9 heteroatoms. The Morgan fingerprint density at radius 2 is 1.73 bits per heavy atom. The van der Waals surface area contributed by atoms with Crippen LogP contribution >= 0.6 is 11.8 Å². The van der Waals surface area contributed by atoms with Crippen LogP contribution in [0, 0.1) is 6.92 Å². The number of benzene rings is 3. The second-order valence-corrected chi connectivity index (χ2v) is 9.88. The number of thioether (sulfide) groups is 1. The van der Waals surface area contributed by atoms with Crippen molar-refractivity contribution in [2.45, 2.75) is 16.7 Å². The van der Waals surface area contributed by atoms with Crippen LogP contribution < -0.4 is 19.1 Å². The van der Waals surface area contributed by atoms with Gasteiger partial charge in [-0.2, -0.15) is 0 Å². The van der Waals surface area contributed by atoms with Gasteiger partial charge in [-0.1, -0.05) is 23.8 Å². The quantitative estimate of drug-likeness (QED) is 0.446. The standard InChI is InChI=1S/C24H26N2O5S2/c1-17-8-11-21(12-9-17)33(28,29)26(22-13-10-19(30-2)15-23(22)31-3)16-24(27)25-18-6-5-7-20(14-18)32-4/h5-15H,16H2,1-4H3,(H,25,27). The molecule has 1 N–H and O–H groups in total. The Labute approximate surface area is 198 Å². The Morgan fingerprint density at radius 3 is 2.36 bits per heavy atom. The molecule has 0 aliphatic heterocycles. The number of aryl methyl sites for hydroxylation is 1. The minimum absolute atomic E-state index is 0.0724. The van der Waals surface area contributed by atoms with E-state index in [9.17, 15) is 13.2 Å². The topological polar surface area (TPSA) is 84.9 Å². The summed E-state index contributed by atoms with van der Waals surface area (Å²) in [6.45, 7) is 1.43. The number of carbonyl (C=O) groups excluding carboxylic acids is 1. The van der Waals surface area contributed by atoms with Crippen LogP contribution in [-0.4, -0.2) is 41.3 Å². The first-order chi connectivity index (χ1) is 15.8. The van der Waals surface area contributed by atoms with Crippen LogP contribution in [0.15, 0.2) is 76.5 Å². The second-order valence-electron chi connectivity index (χ2n) is 7.14. The zero-order chi connectivity index (χ0) is 24.0. The van der Waals surface area contributed by atoms with Gasteiger partial charge in [0.1, 0.15) is 18.0 Å². The summed E-state index contributed by atoms with van der Waals surface area (Å²) in [6, 6.07) is 18.6. The van der Waals surface area contributed by atoms with Gasteiger partial charge in [0.05, 0.1) is 24.8 Å². The maximum absolute atomic E-state index is 13.6. The molecule has 3 aromatic rings. The van der Waals surface area contributed by atoms with Crippen LogP contribution in [-0.2, 0) is 14.8 Å². The molecular weight excluding hydrogens is 460 g/mol. The van der Waals surface area contributed by atoms with Crippen molar-refractivity contribution < 1.29 is 22.7 Å². The summed E-state index contributed by atoms with van der Waals surface area (Å²) in [5, 5.41) is 2.79. The molecule has 0 aliphatic rings. The van der Waals surface area contributed by atoms with Gasteiger partial charge < -0.3 is 14.8 Å². The average molecular weight is 487 g/mol. The van der Waals surface area contributed by atoms with Gasteiger partial charge in [-0.3, -0.25) is 9.10 Å². The first-order valence-electron chi connectivity index (χ1n) is 10.0. The van der Waals surface area contributed by atoms with Gasteiger partial charge in [-0.05, 0) is 55.6 Å². The summed E-state index contributed by atoms with van der Waals surface area (Å²) in [6.07, 6.45) is 1.94. The van der Waals surface area contributed by atoms with E-state index in [0.29, 0.717) is 11.4 Å². The summed E-state index contributed by atoms with van der Waals surface area (Å²) in [5.74, 6) is 0.283. The summed E-state index contributed by atoms with van der Waals surface area (Å²) in [5.41, 5.74) is 1.74. The molecule has 1 amide bonds. The molecule has 0 spiro atoms. The molecule has 0 fully saturated rings. The number of carbonyl (C=O) groups is 1. The van der Waals surface area contributed by atoms with Crippen molar-refractivity contribution in [3.05, 3.63) is 72.3 Å². The fraction of sp³-hybridized carbons (Fsp3) is 0.208.